The van der Waals surface area contributed by atoms with Gasteiger partial charge in [-0.25, -0.2) is 0 Å². The van der Waals surface area contributed by atoms with Crippen LogP contribution in [0.2, 0.25) is 0 Å². The highest BCUT2D eigenvalue weighted by atomic mass is 79.9. The van der Waals surface area contributed by atoms with Gasteiger partial charge in [0, 0.05) is 29.6 Å². The molecular weight excluding hydrogens is 326 g/mol. The Morgan fingerprint density at radius 3 is 2.43 bits per heavy atom. The Morgan fingerprint density at radius 2 is 1.81 bits per heavy atom. The molecule has 2 fully saturated rings. The number of rotatable bonds is 5. The summed E-state index contributed by atoms with van der Waals surface area (Å²) in [5, 5.41) is 3.67. The molecule has 1 aliphatic heterocycles. The van der Waals surface area contributed by atoms with Gasteiger partial charge in [-0.2, -0.15) is 0 Å². The van der Waals surface area contributed by atoms with Crippen LogP contribution in [0, 0.1) is 5.41 Å². The highest BCUT2D eigenvalue weighted by Crippen LogP contribution is 2.60. The highest BCUT2D eigenvalue weighted by molar-refractivity contribution is 9.10. The van der Waals surface area contributed by atoms with Crippen LogP contribution in [0.1, 0.15) is 44.6 Å². The van der Waals surface area contributed by atoms with E-state index in [-0.39, 0.29) is 0 Å². The minimum Gasteiger partial charge on any atom is -0.381 e. The molecule has 2 nitrogen and oxygen atoms in total. The molecule has 0 bridgehead atoms. The van der Waals surface area contributed by atoms with Gasteiger partial charge >= 0.3 is 0 Å². The van der Waals surface area contributed by atoms with E-state index in [2.05, 4.69) is 52.4 Å². The van der Waals surface area contributed by atoms with Gasteiger partial charge in [0.15, 0.2) is 0 Å². The van der Waals surface area contributed by atoms with Crippen molar-refractivity contribution in [2.24, 2.45) is 5.41 Å². The molecule has 1 saturated carbocycles. The summed E-state index contributed by atoms with van der Waals surface area (Å²) in [6, 6.07) is 8.99. The molecule has 116 valence electrons. The number of benzene rings is 1. The third-order valence-corrected chi connectivity index (χ3v) is 5.86. The third-order valence-electron chi connectivity index (χ3n) is 5.33. The maximum absolute atomic E-state index is 5.57. The van der Waals surface area contributed by atoms with Crippen LogP contribution in [-0.2, 0) is 10.2 Å². The molecule has 3 rings (SSSR count). The molecule has 1 aliphatic carbocycles. The topological polar surface area (TPSA) is 21.3 Å². The molecule has 1 saturated heterocycles. The summed E-state index contributed by atoms with van der Waals surface area (Å²) in [5.41, 5.74) is 2.40. The molecule has 3 heteroatoms. The fraction of sp³-hybridized carbons (Fsp3) is 0.667. The second kappa shape index (κ2) is 6.39. The highest BCUT2D eigenvalue weighted by Gasteiger charge is 2.54. The molecule has 0 aromatic heterocycles. The van der Waals surface area contributed by atoms with E-state index in [4.69, 9.17) is 4.74 Å². The summed E-state index contributed by atoms with van der Waals surface area (Å²) in [4.78, 5) is 0. The fourth-order valence-corrected chi connectivity index (χ4v) is 4.55. The maximum atomic E-state index is 5.57. The van der Waals surface area contributed by atoms with E-state index in [9.17, 15) is 0 Å². The van der Waals surface area contributed by atoms with Crippen molar-refractivity contribution in [3.8, 4) is 0 Å². The Hall–Kier alpha value is -0.380. The van der Waals surface area contributed by atoms with Crippen molar-refractivity contribution in [1.82, 2.24) is 5.32 Å². The summed E-state index contributed by atoms with van der Waals surface area (Å²) in [7, 11) is 0. The van der Waals surface area contributed by atoms with Crippen LogP contribution < -0.4 is 5.32 Å². The molecule has 1 N–H and O–H groups in total. The lowest BCUT2D eigenvalue weighted by Crippen LogP contribution is -2.56. The predicted molar refractivity (Wildman–Crippen MR) is 90.7 cm³/mol. The zero-order chi connectivity index (χ0) is 14.8. The van der Waals surface area contributed by atoms with Gasteiger partial charge in [-0.3, -0.25) is 0 Å². The number of halogens is 1. The summed E-state index contributed by atoms with van der Waals surface area (Å²) < 4.78 is 6.74. The molecular formula is C18H26BrNO. The zero-order valence-electron chi connectivity index (χ0n) is 13.0. The summed E-state index contributed by atoms with van der Waals surface area (Å²) in [6.07, 6.45) is 6.34. The lowest BCUT2D eigenvalue weighted by molar-refractivity contribution is -0.0736. The van der Waals surface area contributed by atoms with E-state index in [1.54, 1.807) is 0 Å². The average Bonchev–Trinajstić information content (AvgIpc) is 2.47. The van der Waals surface area contributed by atoms with Crippen molar-refractivity contribution >= 4 is 15.9 Å². The lowest BCUT2D eigenvalue weighted by atomic mass is 9.48. The van der Waals surface area contributed by atoms with Gasteiger partial charge in [0.1, 0.15) is 0 Å². The van der Waals surface area contributed by atoms with Crippen molar-refractivity contribution in [3.05, 3.63) is 34.3 Å². The molecule has 0 atom stereocenters. The number of ether oxygens (including phenoxy) is 1. The van der Waals surface area contributed by atoms with Gasteiger partial charge < -0.3 is 10.1 Å². The Balaban J connectivity index is 1.75. The molecule has 0 unspecified atom stereocenters. The summed E-state index contributed by atoms with van der Waals surface area (Å²) in [5.74, 6) is 0. The summed E-state index contributed by atoms with van der Waals surface area (Å²) in [6.45, 7) is 6.39. The number of hydrogen-bond acceptors (Lipinski definition) is 2. The zero-order valence-corrected chi connectivity index (χ0v) is 14.5. The minimum absolute atomic E-state index is 0.340. The first kappa shape index (κ1) is 15.5. The van der Waals surface area contributed by atoms with E-state index >= 15 is 0 Å². The second-order valence-corrected chi connectivity index (χ2v) is 7.85. The second-order valence-electron chi connectivity index (χ2n) is 6.93. The van der Waals surface area contributed by atoms with Crippen molar-refractivity contribution in [3.63, 3.8) is 0 Å². The van der Waals surface area contributed by atoms with Crippen LogP contribution >= 0.6 is 15.9 Å². The van der Waals surface area contributed by atoms with E-state index in [1.807, 2.05) is 0 Å². The minimum atomic E-state index is 0.340. The molecule has 1 aromatic rings. The average molecular weight is 352 g/mol. The van der Waals surface area contributed by atoms with Crippen LogP contribution in [0.3, 0.4) is 0 Å². The first-order valence-electron chi connectivity index (χ1n) is 8.23. The molecule has 2 aliphatic rings. The fourth-order valence-electron chi connectivity index (χ4n) is 4.28. The van der Waals surface area contributed by atoms with Crippen LogP contribution in [-0.4, -0.2) is 26.3 Å². The molecule has 21 heavy (non-hydrogen) atoms. The van der Waals surface area contributed by atoms with Gasteiger partial charge in [-0.15, -0.1) is 0 Å². The van der Waals surface area contributed by atoms with Crippen molar-refractivity contribution in [2.75, 3.05) is 26.3 Å². The standard InChI is InChI=1S/C18H26BrNO/c1-2-9-20-14-18(15-3-5-16(19)6-4-15)12-17(13-18)7-10-21-11-8-17/h3-6,20H,2,7-14H2,1H3. The molecule has 0 radical (unpaired) electrons. The molecule has 1 spiro atoms. The van der Waals surface area contributed by atoms with Gasteiger partial charge in [0.25, 0.3) is 0 Å². The first-order valence-corrected chi connectivity index (χ1v) is 9.02. The maximum Gasteiger partial charge on any atom is 0.0471 e. The van der Waals surface area contributed by atoms with Crippen molar-refractivity contribution in [2.45, 2.75) is 44.4 Å². The third kappa shape index (κ3) is 3.20. The predicted octanol–water partition coefficient (Wildman–Crippen LogP) is 4.28. The van der Waals surface area contributed by atoms with E-state index in [0.29, 0.717) is 10.8 Å². The first-order chi connectivity index (χ1) is 10.2. The van der Waals surface area contributed by atoms with Gasteiger partial charge in [0.05, 0.1) is 0 Å². The molecule has 0 amide bonds. The number of hydrogen-bond donors (Lipinski definition) is 1. The largest absolute Gasteiger partial charge is 0.381 e. The quantitative estimate of drug-likeness (QED) is 0.799. The van der Waals surface area contributed by atoms with Crippen molar-refractivity contribution in [1.29, 1.82) is 0 Å². The Morgan fingerprint density at radius 1 is 1.14 bits per heavy atom. The monoisotopic (exact) mass is 351 g/mol. The Bertz CT molecular complexity index is 457. The molecule has 1 aromatic carbocycles. The van der Waals surface area contributed by atoms with Crippen LogP contribution in [0.25, 0.3) is 0 Å². The molecule has 1 heterocycles. The smallest absolute Gasteiger partial charge is 0.0471 e. The van der Waals surface area contributed by atoms with E-state index < -0.39 is 0 Å². The van der Waals surface area contributed by atoms with E-state index in [0.717, 1.165) is 26.3 Å². The van der Waals surface area contributed by atoms with E-state index in [1.165, 1.54) is 42.1 Å². The SMILES string of the molecule is CCCNCC1(c2ccc(Br)cc2)CC2(CCOCC2)C1. The van der Waals surface area contributed by atoms with Crippen molar-refractivity contribution < 1.29 is 4.74 Å². The Labute approximate surface area is 136 Å². The number of nitrogens with one attached hydrogen (secondary N) is 1. The van der Waals surface area contributed by atoms with Crippen LogP contribution in [0.4, 0.5) is 0 Å². The van der Waals surface area contributed by atoms with Gasteiger partial charge in [0.2, 0.25) is 0 Å². The summed E-state index contributed by atoms with van der Waals surface area (Å²) >= 11 is 3.55. The normalized spacial score (nSPS) is 23.0. The Kier molecular flexibility index (Phi) is 4.72. The van der Waals surface area contributed by atoms with Crippen LogP contribution in [0.5, 0.6) is 0 Å². The lowest BCUT2D eigenvalue weighted by Gasteiger charge is -2.58. The van der Waals surface area contributed by atoms with Gasteiger partial charge in [-0.05, 0) is 61.8 Å². The van der Waals surface area contributed by atoms with Crippen LogP contribution in [0.15, 0.2) is 28.7 Å². The van der Waals surface area contributed by atoms with Gasteiger partial charge in [-0.1, -0.05) is 35.0 Å².